The summed E-state index contributed by atoms with van der Waals surface area (Å²) < 4.78 is 2.49. The highest BCUT2D eigenvalue weighted by Gasteiger charge is 2.18. The van der Waals surface area contributed by atoms with Crippen molar-refractivity contribution < 1.29 is 0 Å². The van der Waals surface area contributed by atoms with Crippen molar-refractivity contribution in [3.05, 3.63) is 182 Å². The molecule has 238 valence electrons. The minimum Gasteiger partial charge on any atom is -0.228 e. The van der Waals surface area contributed by atoms with Crippen LogP contribution in [0, 0.1) is 0 Å². The molecule has 0 spiro atoms. The average Bonchev–Trinajstić information content (AvgIpc) is 3.59. The molecule has 51 heavy (non-hydrogen) atoms. The van der Waals surface area contributed by atoms with Crippen molar-refractivity contribution in [1.82, 2.24) is 9.97 Å². The zero-order valence-corrected chi connectivity index (χ0v) is 28.4. The lowest BCUT2D eigenvalue weighted by molar-refractivity contribution is 1.19. The summed E-state index contributed by atoms with van der Waals surface area (Å²) in [4.78, 5) is 10.8. The highest BCUT2D eigenvalue weighted by Crippen LogP contribution is 2.43. The molecular weight excluding hydrogens is 637 g/mol. The summed E-state index contributed by atoms with van der Waals surface area (Å²) in [6.45, 7) is 0. The van der Waals surface area contributed by atoms with Crippen molar-refractivity contribution in [2.24, 2.45) is 0 Å². The first-order chi connectivity index (χ1) is 25.2. The van der Waals surface area contributed by atoms with Crippen LogP contribution in [0.1, 0.15) is 0 Å². The van der Waals surface area contributed by atoms with Crippen LogP contribution in [-0.2, 0) is 0 Å². The second kappa shape index (κ2) is 12.2. The summed E-state index contributed by atoms with van der Waals surface area (Å²) in [5.41, 5.74) is 9.73. The molecule has 0 N–H and O–H groups in total. The van der Waals surface area contributed by atoms with Crippen molar-refractivity contribution in [3.63, 3.8) is 0 Å². The van der Waals surface area contributed by atoms with Crippen molar-refractivity contribution >= 4 is 53.1 Å². The molecule has 0 aliphatic carbocycles. The first-order valence-electron chi connectivity index (χ1n) is 17.2. The molecule has 2 aromatic heterocycles. The molecule has 3 heteroatoms. The summed E-state index contributed by atoms with van der Waals surface area (Å²) in [7, 11) is 0. The summed E-state index contributed by atoms with van der Waals surface area (Å²) in [6, 6.07) is 65.1. The second-order valence-electron chi connectivity index (χ2n) is 13.0. The van der Waals surface area contributed by atoms with Crippen molar-refractivity contribution in [2.75, 3.05) is 0 Å². The molecule has 0 atom stereocenters. The fraction of sp³-hybridized carbons (Fsp3) is 0. The van der Waals surface area contributed by atoms with Crippen LogP contribution in [0.4, 0.5) is 0 Å². The van der Waals surface area contributed by atoms with E-state index >= 15 is 0 Å². The van der Waals surface area contributed by atoms with E-state index in [1.54, 1.807) is 0 Å². The van der Waals surface area contributed by atoms with Gasteiger partial charge in [-0.3, -0.25) is 0 Å². The summed E-state index contributed by atoms with van der Waals surface area (Å²) in [5.74, 6) is 0.724. The Morgan fingerprint density at radius 2 is 0.863 bits per heavy atom. The highest BCUT2D eigenvalue weighted by molar-refractivity contribution is 7.26. The maximum Gasteiger partial charge on any atom is 0.161 e. The van der Waals surface area contributed by atoms with Gasteiger partial charge in [-0.15, -0.1) is 11.3 Å². The number of hydrogen-bond donors (Lipinski definition) is 0. The lowest BCUT2D eigenvalue weighted by atomic mass is 9.97. The van der Waals surface area contributed by atoms with Gasteiger partial charge in [-0.1, -0.05) is 140 Å². The number of thiophene rings is 1. The Hall–Kier alpha value is -6.42. The Balaban J connectivity index is 1.21. The highest BCUT2D eigenvalue weighted by atomic mass is 32.1. The van der Waals surface area contributed by atoms with Gasteiger partial charge >= 0.3 is 0 Å². The molecular formula is C48H30N2S. The molecule has 0 fully saturated rings. The molecule has 10 rings (SSSR count). The van der Waals surface area contributed by atoms with Crippen LogP contribution in [0.25, 0.3) is 97.9 Å². The van der Waals surface area contributed by atoms with E-state index < -0.39 is 0 Å². The molecule has 10 aromatic rings. The van der Waals surface area contributed by atoms with E-state index in [9.17, 15) is 0 Å². The van der Waals surface area contributed by atoms with Crippen LogP contribution < -0.4 is 0 Å². The smallest absolute Gasteiger partial charge is 0.161 e. The summed E-state index contributed by atoms with van der Waals surface area (Å²) >= 11 is 1.83. The zero-order valence-electron chi connectivity index (χ0n) is 27.6. The molecule has 2 heterocycles. The number of benzene rings is 8. The van der Waals surface area contributed by atoms with Gasteiger partial charge in [0.2, 0.25) is 0 Å². The van der Waals surface area contributed by atoms with E-state index in [0.29, 0.717) is 0 Å². The Morgan fingerprint density at radius 3 is 1.57 bits per heavy atom. The molecule has 0 saturated heterocycles. The van der Waals surface area contributed by atoms with E-state index in [-0.39, 0.29) is 0 Å². The predicted molar refractivity (Wildman–Crippen MR) is 217 cm³/mol. The molecule has 0 unspecified atom stereocenters. The SMILES string of the molecule is c1ccc(-c2ccc3cc(-c4cc(-c5ccc6ccccc6c5)nc(-c5cc(-c6ccccc6)cc6sc7ccccc7c56)n4)ccc3c2)cc1. The number of hydrogen-bond acceptors (Lipinski definition) is 3. The maximum absolute atomic E-state index is 5.40. The third-order valence-corrected chi connectivity index (χ3v) is 11.0. The third-order valence-electron chi connectivity index (χ3n) is 9.84. The van der Waals surface area contributed by atoms with Crippen LogP contribution in [-0.4, -0.2) is 9.97 Å². The van der Waals surface area contributed by atoms with Crippen molar-refractivity contribution in [3.8, 4) is 56.2 Å². The number of nitrogens with zero attached hydrogens (tertiary/aromatic N) is 2. The van der Waals surface area contributed by atoms with Gasteiger partial charge in [0, 0.05) is 36.9 Å². The molecule has 2 nitrogen and oxygen atoms in total. The predicted octanol–water partition coefficient (Wildman–Crippen LogP) is 13.5. The third kappa shape index (κ3) is 5.36. The molecule has 0 aliphatic heterocycles. The standard InChI is InChI=1S/C48H30N2S/c1-3-11-31(12-4-1)35-20-21-37-27-39(24-22-36(37)25-35)44-30-43(38-23-19-33-15-7-8-16-34(33)26-38)49-48(50-44)42-28-40(32-13-5-2-6-14-32)29-46-47(42)41-17-9-10-18-45(41)51-46/h1-30H. The normalized spacial score (nSPS) is 11.5. The first-order valence-corrected chi connectivity index (χ1v) is 18.0. The number of rotatable bonds is 5. The second-order valence-corrected chi connectivity index (χ2v) is 14.1. The van der Waals surface area contributed by atoms with Gasteiger partial charge in [0.05, 0.1) is 11.4 Å². The molecule has 8 aromatic carbocycles. The molecule has 0 radical (unpaired) electrons. The minimum absolute atomic E-state index is 0.724. The first kappa shape index (κ1) is 29.5. The fourth-order valence-corrected chi connectivity index (χ4v) is 8.43. The van der Waals surface area contributed by atoms with Gasteiger partial charge in [0.15, 0.2) is 5.82 Å². The monoisotopic (exact) mass is 666 g/mol. The van der Waals surface area contributed by atoms with Crippen LogP contribution in [0.5, 0.6) is 0 Å². The molecule has 0 aliphatic rings. The van der Waals surface area contributed by atoms with Crippen LogP contribution in [0.15, 0.2) is 182 Å². The largest absolute Gasteiger partial charge is 0.228 e. The van der Waals surface area contributed by atoms with Crippen LogP contribution in [0.3, 0.4) is 0 Å². The van der Waals surface area contributed by atoms with Gasteiger partial charge in [-0.2, -0.15) is 0 Å². The molecule has 0 saturated carbocycles. The van der Waals surface area contributed by atoms with Crippen molar-refractivity contribution in [1.29, 1.82) is 0 Å². The number of aromatic nitrogens is 2. The Bertz CT molecular complexity index is 2910. The van der Waals surface area contributed by atoms with E-state index in [1.807, 2.05) is 11.3 Å². The average molecular weight is 667 g/mol. The quantitative estimate of drug-likeness (QED) is 0.183. The van der Waals surface area contributed by atoms with Crippen molar-refractivity contribution in [2.45, 2.75) is 0 Å². The van der Waals surface area contributed by atoms with Gasteiger partial charge in [0.1, 0.15) is 0 Å². The van der Waals surface area contributed by atoms with E-state index in [1.165, 1.54) is 58.4 Å². The molecule has 0 amide bonds. The summed E-state index contributed by atoms with van der Waals surface area (Å²) in [6.07, 6.45) is 0. The molecule has 0 bridgehead atoms. The van der Waals surface area contributed by atoms with Crippen LogP contribution >= 0.6 is 11.3 Å². The number of fused-ring (bicyclic) bond motifs is 5. The van der Waals surface area contributed by atoms with Gasteiger partial charge in [0.25, 0.3) is 0 Å². The summed E-state index contributed by atoms with van der Waals surface area (Å²) in [5, 5.41) is 7.20. The fourth-order valence-electron chi connectivity index (χ4n) is 7.26. The zero-order chi connectivity index (χ0) is 33.7. The Morgan fingerprint density at radius 1 is 0.333 bits per heavy atom. The lowest BCUT2D eigenvalue weighted by Gasteiger charge is -2.13. The van der Waals surface area contributed by atoms with E-state index in [2.05, 4.69) is 182 Å². The Labute approximate surface area is 300 Å². The maximum atomic E-state index is 5.40. The topological polar surface area (TPSA) is 25.8 Å². The van der Waals surface area contributed by atoms with E-state index in [0.717, 1.165) is 39.5 Å². The van der Waals surface area contributed by atoms with Crippen LogP contribution in [0.2, 0.25) is 0 Å². The minimum atomic E-state index is 0.724. The Kier molecular flexibility index (Phi) is 7.04. The van der Waals surface area contributed by atoms with Gasteiger partial charge in [-0.05, 0) is 86.3 Å². The van der Waals surface area contributed by atoms with E-state index in [4.69, 9.17) is 9.97 Å². The van der Waals surface area contributed by atoms with Gasteiger partial charge < -0.3 is 0 Å². The lowest BCUT2D eigenvalue weighted by Crippen LogP contribution is -1.97. The van der Waals surface area contributed by atoms with Gasteiger partial charge in [-0.25, -0.2) is 9.97 Å².